The van der Waals surface area contributed by atoms with Crippen LogP contribution in [0, 0.1) is 0 Å². The van der Waals surface area contributed by atoms with Crippen LogP contribution in [0.4, 0.5) is 0 Å². The topological polar surface area (TPSA) is 3.24 Å². The minimum atomic E-state index is 0.0857. The Kier molecular flexibility index (Phi) is 7.09. The van der Waals surface area contributed by atoms with Crippen LogP contribution in [0.25, 0.3) is 0 Å². The average Bonchev–Trinajstić information content (AvgIpc) is 2.01. The van der Waals surface area contributed by atoms with Gasteiger partial charge in [0, 0.05) is 10.2 Å². The first-order chi connectivity index (χ1) is 5.61. The molecule has 0 spiro atoms. The molecule has 0 saturated heterocycles. The first kappa shape index (κ1) is 12.4. The highest BCUT2D eigenvalue weighted by atomic mass is 28.3. The second-order valence-electron chi connectivity index (χ2n) is 4.15. The fourth-order valence-electron chi connectivity index (χ4n) is 1.51. The predicted molar refractivity (Wildman–Crippen MR) is 64.7 cm³/mol. The third-order valence-electron chi connectivity index (χ3n) is 2.32. The van der Waals surface area contributed by atoms with Crippen molar-refractivity contribution in [2.45, 2.75) is 51.7 Å². The predicted octanol–water partition coefficient (Wildman–Crippen LogP) is 0.712. The molecule has 0 aromatic rings. The van der Waals surface area contributed by atoms with E-state index in [0.29, 0.717) is 0 Å². The Morgan fingerprint density at radius 1 is 1.33 bits per heavy atom. The lowest BCUT2D eigenvalue weighted by atomic mass is 10.2. The zero-order chi connectivity index (χ0) is 9.56. The molecular weight excluding hydrogens is 178 g/mol. The largest absolute Gasteiger partial charge is 0.327 e. The Balaban J connectivity index is 3.84. The van der Waals surface area contributed by atoms with Crippen LogP contribution < -0.4 is 0 Å². The summed E-state index contributed by atoms with van der Waals surface area (Å²) < 4.78 is 2.78. The van der Waals surface area contributed by atoms with Gasteiger partial charge in [-0.2, -0.15) is 0 Å². The van der Waals surface area contributed by atoms with Crippen molar-refractivity contribution in [1.82, 2.24) is 4.57 Å². The summed E-state index contributed by atoms with van der Waals surface area (Å²) in [6.07, 6.45) is 2.65. The van der Waals surface area contributed by atoms with E-state index in [2.05, 4.69) is 32.3 Å². The van der Waals surface area contributed by atoms with Crippen molar-refractivity contribution in [1.29, 1.82) is 0 Å². The lowest BCUT2D eigenvalue weighted by Crippen LogP contribution is -2.38. The van der Waals surface area contributed by atoms with E-state index in [1.165, 1.54) is 29.6 Å². The summed E-state index contributed by atoms with van der Waals surface area (Å²) >= 11 is 0. The lowest BCUT2D eigenvalue weighted by molar-refractivity contribution is 0.340. The molecule has 0 aliphatic carbocycles. The zero-order valence-electron chi connectivity index (χ0n) is 9.43. The summed E-state index contributed by atoms with van der Waals surface area (Å²) in [5, 5.41) is 1.07. The Hall–Kier alpha value is 0.394. The molecule has 0 fully saturated rings. The van der Waals surface area contributed by atoms with Crippen molar-refractivity contribution >= 4 is 19.9 Å². The quantitative estimate of drug-likeness (QED) is 0.575. The standard InChI is InChI=1S/C9H25NSi2/c1-5-7-10(8(3)6-2)12-9(4)11/h8-9H,5-7,12H2,1-4,11H3. The van der Waals surface area contributed by atoms with E-state index >= 15 is 0 Å². The average molecular weight is 203 g/mol. The van der Waals surface area contributed by atoms with E-state index in [1.807, 2.05) is 0 Å². The van der Waals surface area contributed by atoms with Crippen LogP contribution in [0.15, 0.2) is 0 Å². The minimum Gasteiger partial charge on any atom is -0.327 e. The van der Waals surface area contributed by atoms with Crippen LogP contribution in [0.5, 0.6) is 0 Å². The first-order valence-corrected chi connectivity index (χ1v) is 7.96. The van der Waals surface area contributed by atoms with E-state index in [0.717, 1.165) is 11.2 Å². The highest BCUT2D eigenvalue weighted by Crippen LogP contribution is 2.06. The molecule has 0 aromatic carbocycles. The molecule has 0 aliphatic rings. The number of hydrogen-bond donors (Lipinski definition) is 0. The van der Waals surface area contributed by atoms with E-state index in [4.69, 9.17) is 0 Å². The van der Waals surface area contributed by atoms with Crippen LogP contribution in [-0.4, -0.2) is 37.1 Å². The van der Waals surface area contributed by atoms with Gasteiger partial charge < -0.3 is 4.57 Å². The molecule has 0 N–H and O–H groups in total. The summed E-state index contributed by atoms with van der Waals surface area (Å²) in [6, 6.07) is 0.841. The number of hydrogen-bond acceptors (Lipinski definition) is 1. The van der Waals surface area contributed by atoms with E-state index in [-0.39, 0.29) is 9.68 Å². The van der Waals surface area contributed by atoms with Crippen LogP contribution in [0.2, 0.25) is 5.16 Å². The second-order valence-corrected chi connectivity index (χ2v) is 10.6. The fourth-order valence-corrected chi connectivity index (χ4v) is 4.97. The maximum Gasteiger partial charge on any atom is 0.0947 e. The van der Waals surface area contributed by atoms with Crippen molar-refractivity contribution in [2.75, 3.05) is 6.54 Å². The van der Waals surface area contributed by atoms with Gasteiger partial charge in [0.2, 0.25) is 0 Å². The van der Waals surface area contributed by atoms with Gasteiger partial charge in [-0.05, 0) is 25.4 Å². The van der Waals surface area contributed by atoms with Crippen LogP contribution in [0.1, 0.15) is 40.5 Å². The van der Waals surface area contributed by atoms with E-state index in [9.17, 15) is 0 Å². The van der Waals surface area contributed by atoms with Crippen molar-refractivity contribution in [3.8, 4) is 0 Å². The number of rotatable bonds is 6. The zero-order valence-corrected chi connectivity index (χ0v) is 12.8. The Morgan fingerprint density at radius 3 is 2.25 bits per heavy atom. The summed E-state index contributed by atoms with van der Waals surface area (Å²) in [5.74, 6) is 0. The van der Waals surface area contributed by atoms with Gasteiger partial charge >= 0.3 is 0 Å². The monoisotopic (exact) mass is 203 g/mol. The molecule has 2 atom stereocenters. The highest BCUT2D eigenvalue weighted by molar-refractivity contribution is 6.47. The normalized spacial score (nSPS) is 17.8. The molecule has 0 bridgehead atoms. The Morgan fingerprint density at radius 2 is 1.92 bits per heavy atom. The molecule has 74 valence electrons. The molecule has 0 amide bonds. The van der Waals surface area contributed by atoms with Gasteiger partial charge in [-0.15, -0.1) is 0 Å². The maximum absolute atomic E-state index is 2.78. The fraction of sp³-hybridized carbons (Fsp3) is 1.00. The third kappa shape index (κ3) is 5.11. The first-order valence-electron chi connectivity index (χ1n) is 5.35. The molecule has 0 saturated carbocycles. The van der Waals surface area contributed by atoms with E-state index in [1.54, 1.807) is 0 Å². The van der Waals surface area contributed by atoms with Gasteiger partial charge in [0.25, 0.3) is 0 Å². The van der Waals surface area contributed by atoms with E-state index < -0.39 is 0 Å². The molecule has 1 nitrogen and oxygen atoms in total. The summed E-state index contributed by atoms with van der Waals surface area (Å²) in [7, 11) is 1.48. The molecule has 0 aliphatic heterocycles. The van der Waals surface area contributed by atoms with Gasteiger partial charge in [0.1, 0.15) is 0 Å². The smallest absolute Gasteiger partial charge is 0.0947 e. The van der Waals surface area contributed by atoms with Crippen LogP contribution >= 0.6 is 0 Å². The molecule has 2 unspecified atom stereocenters. The third-order valence-corrected chi connectivity index (χ3v) is 5.56. The second kappa shape index (κ2) is 6.86. The van der Waals surface area contributed by atoms with Crippen molar-refractivity contribution < 1.29 is 0 Å². The summed E-state index contributed by atoms with van der Waals surface area (Å²) in [4.78, 5) is 0. The van der Waals surface area contributed by atoms with Crippen molar-refractivity contribution in [3.63, 3.8) is 0 Å². The lowest BCUT2D eigenvalue weighted by Gasteiger charge is -2.29. The van der Waals surface area contributed by atoms with Gasteiger partial charge in [0.15, 0.2) is 0 Å². The van der Waals surface area contributed by atoms with Crippen molar-refractivity contribution in [2.24, 2.45) is 0 Å². The molecule has 3 heteroatoms. The molecule has 0 radical (unpaired) electrons. The van der Waals surface area contributed by atoms with Gasteiger partial charge in [-0.25, -0.2) is 0 Å². The molecular formula is C9H25NSi2. The molecule has 0 aromatic heterocycles. The molecule has 0 rings (SSSR count). The van der Waals surface area contributed by atoms with Crippen molar-refractivity contribution in [3.05, 3.63) is 0 Å². The summed E-state index contributed by atoms with van der Waals surface area (Å²) in [5.41, 5.74) is 0. The Bertz CT molecular complexity index is 107. The Labute approximate surface area is 83.2 Å². The minimum absolute atomic E-state index is 0.0857. The molecule has 12 heavy (non-hydrogen) atoms. The van der Waals surface area contributed by atoms with Crippen LogP contribution in [0.3, 0.4) is 0 Å². The summed E-state index contributed by atoms with van der Waals surface area (Å²) in [6.45, 7) is 10.7. The van der Waals surface area contributed by atoms with Gasteiger partial charge in [0.05, 0.1) is 9.68 Å². The van der Waals surface area contributed by atoms with Gasteiger partial charge in [-0.1, -0.05) is 32.9 Å². The van der Waals surface area contributed by atoms with Crippen LogP contribution in [-0.2, 0) is 0 Å². The maximum atomic E-state index is 2.78. The SMILES string of the molecule is CCCN([SiH2]C(C)[SiH3])C(C)CC. The highest BCUT2D eigenvalue weighted by Gasteiger charge is 2.12. The number of nitrogens with zero attached hydrogens (tertiary/aromatic N) is 1. The molecule has 0 heterocycles. The van der Waals surface area contributed by atoms with Gasteiger partial charge in [-0.3, -0.25) is 0 Å².